The quantitative estimate of drug-likeness (QED) is 0.508. The first-order valence-corrected chi connectivity index (χ1v) is 13.5. The molecule has 4 heteroatoms. The van der Waals surface area contributed by atoms with Crippen LogP contribution in [0.25, 0.3) is 0 Å². The van der Waals surface area contributed by atoms with Gasteiger partial charge in [0.1, 0.15) is 0 Å². The van der Waals surface area contributed by atoms with Gasteiger partial charge in [-0.2, -0.15) is 0 Å². The van der Waals surface area contributed by atoms with Gasteiger partial charge in [-0.15, -0.1) is 0 Å². The van der Waals surface area contributed by atoms with Crippen molar-refractivity contribution in [3.8, 4) is 0 Å². The van der Waals surface area contributed by atoms with Crippen LogP contribution in [0.4, 0.5) is 0 Å². The molecule has 4 aliphatic rings. The van der Waals surface area contributed by atoms with Crippen molar-refractivity contribution in [3.05, 3.63) is 23.3 Å². The molecular weight excluding hydrogens is 424 g/mol. The minimum absolute atomic E-state index is 0.0292. The Balaban J connectivity index is 1.66. The number of allylic oxidation sites excluding steroid dienone is 3. The van der Waals surface area contributed by atoms with Gasteiger partial charge >= 0.3 is 0 Å². The minimum Gasteiger partial charge on any atom is -0.393 e. The molecule has 0 heterocycles. The van der Waals surface area contributed by atoms with E-state index in [1.807, 2.05) is 6.08 Å². The molecule has 190 valence electrons. The number of carbonyl (C=O) groups is 2. The number of carbonyl (C=O) groups excluding carboxylic acids is 2. The zero-order chi connectivity index (χ0) is 25.3. The van der Waals surface area contributed by atoms with E-state index in [1.165, 1.54) is 5.57 Å². The van der Waals surface area contributed by atoms with Gasteiger partial charge in [0.25, 0.3) is 0 Å². The monoisotopic (exact) mass is 470 g/mol. The Labute approximate surface area is 206 Å². The molecule has 0 aromatic rings. The van der Waals surface area contributed by atoms with Crippen LogP contribution in [0.5, 0.6) is 0 Å². The van der Waals surface area contributed by atoms with E-state index in [0.717, 1.165) is 44.1 Å². The number of hydrogen-bond donors (Lipinski definition) is 2. The normalized spacial score (nSPS) is 44.6. The summed E-state index contributed by atoms with van der Waals surface area (Å²) in [5, 5.41) is 20.0. The van der Waals surface area contributed by atoms with Gasteiger partial charge in [-0.1, -0.05) is 47.1 Å². The Morgan fingerprint density at radius 3 is 2.44 bits per heavy atom. The molecule has 4 aliphatic carbocycles. The second-order valence-corrected chi connectivity index (χ2v) is 13.6. The van der Waals surface area contributed by atoms with E-state index in [2.05, 4.69) is 41.5 Å². The van der Waals surface area contributed by atoms with E-state index in [-0.39, 0.29) is 46.3 Å². The lowest BCUT2D eigenvalue weighted by atomic mass is 9.40. The van der Waals surface area contributed by atoms with E-state index >= 15 is 0 Å². The molecule has 0 spiro atoms. The fourth-order valence-corrected chi connectivity index (χ4v) is 9.38. The number of aliphatic hydroxyl groups is 2. The smallest absolute Gasteiger partial charge is 0.159 e. The molecule has 0 unspecified atom stereocenters. The number of ketones is 2. The molecule has 4 rings (SSSR count). The van der Waals surface area contributed by atoms with Crippen molar-refractivity contribution < 1.29 is 19.8 Å². The molecule has 0 radical (unpaired) electrons. The van der Waals surface area contributed by atoms with Gasteiger partial charge in [0.05, 0.1) is 12.7 Å². The average molecular weight is 471 g/mol. The number of hydrogen-bond acceptors (Lipinski definition) is 4. The van der Waals surface area contributed by atoms with Crippen LogP contribution in [0.15, 0.2) is 23.3 Å². The van der Waals surface area contributed by atoms with Crippen molar-refractivity contribution in [2.45, 2.75) is 99.5 Å². The highest BCUT2D eigenvalue weighted by molar-refractivity contribution is 5.95. The van der Waals surface area contributed by atoms with Crippen LogP contribution >= 0.6 is 0 Å². The van der Waals surface area contributed by atoms with E-state index in [9.17, 15) is 19.8 Å². The van der Waals surface area contributed by atoms with E-state index < -0.39 is 11.5 Å². The van der Waals surface area contributed by atoms with E-state index in [4.69, 9.17) is 0 Å². The van der Waals surface area contributed by atoms with Crippen LogP contribution in [0, 0.1) is 45.3 Å². The lowest BCUT2D eigenvalue weighted by molar-refractivity contribution is -0.157. The Morgan fingerprint density at radius 1 is 1.12 bits per heavy atom. The highest BCUT2D eigenvalue weighted by Gasteiger charge is 2.66. The fraction of sp³-hybridized carbons (Fsp3) is 0.800. The van der Waals surface area contributed by atoms with E-state index in [1.54, 1.807) is 13.0 Å². The largest absolute Gasteiger partial charge is 0.393 e. The molecule has 0 bridgehead atoms. The molecule has 0 aromatic heterocycles. The number of aliphatic hydroxyl groups excluding tert-OH is 2. The van der Waals surface area contributed by atoms with E-state index in [0.29, 0.717) is 18.3 Å². The summed E-state index contributed by atoms with van der Waals surface area (Å²) in [5.74, 6) is 1.31. The van der Waals surface area contributed by atoms with Crippen LogP contribution in [0.2, 0.25) is 0 Å². The summed E-state index contributed by atoms with van der Waals surface area (Å²) in [7, 11) is 0. The van der Waals surface area contributed by atoms with Gasteiger partial charge in [-0.25, -0.2) is 0 Å². The maximum absolute atomic E-state index is 13.7. The molecule has 4 nitrogen and oxygen atoms in total. The third-order valence-corrected chi connectivity index (χ3v) is 11.5. The van der Waals surface area contributed by atoms with Crippen LogP contribution in [-0.2, 0) is 9.59 Å². The molecule has 8 atom stereocenters. The summed E-state index contributed by atoms with van der Waals surface area (Å²) in [6.45, 7) is 15.3. The van der Waals surface area contributed by atoms with Gasteiger partial charge in [-0.05, 0) is 97.2 Å². The summed E-state index contributed by atoms with van der Waals surface area (Å²) in [4.78, 5) is 26.3. The first kappa shape index (κ1) is 25.8. The molecule has 0 aromatic carbocycles. The van der Waals surface area contributed by atoms with Crippen LogP contribution in [0.3, 0.4) is 0 Å². The van der Waals surface area contributed by atoms with Crippen molar-refractivity contribution in [2.24, 2.45) is 45.3 Å². The summed E-state index contributed by atoms with van der Waals surface area (Å²) < 4.78 is 0. The van der Waals surface area contributed by atoms with Crippen molar-refractivity contribution in [3.63, 3.8) is 0 Å². The van der Waals surface area contributed by atoms with Crippen molar-refractivity contribution in [1.82, 2.24) is 0 Å². The zero-order valence-corrected chi connectivity index (χ0v) is 22.4. The van der Waals surface area contributed by atoms with Gasteiger partial charge < -0.3 is 10.2 Å². The third kappa shape index (κ3) is 3.53. The standard InChI is InChI=1S/C30H46O4/c1-18(17-31)14-20(32)15-19(2)21-8-12-30(7)23-16-24(33)26-27(3,4)25(34)10-11-28(26,5)22(23)9-13-29(21,30)6/h14,16,19,21-22,25-26,31,34H,8-13,15,17H2,1-7H3/b18-14+/t19-,21-,22-,25-,26-,28+,29-,30+/m0/s1. The van der Waals surface area contributed by atoms with Crippen LogP contribution in [-0.4, -0.2) is 34.5 Å². The molecule has 0 aliphatic heterocycles. The Kier molecular flexibility index (Phi) is 6.38. The molecular formula is C30H46O4. The van der Waals surface area contributed by atoms with Crippen molar-refractivity contribution in [1.29, 1.82) is 0 Å². The predicted octanol–water partition coefficient (Wildman–Crippen LogP) is 5.67. The highest BCUT2D eigenvalue weighted by atomic mass is 16.3. The zero-order valence-electron chi connectivity index (χ0n) is 22.4. The van der Waals surface area contributed by atoms with Gasteiger partial charge in [0.15, 0.2) is 11.6 Å². The van der Waals surface area contributed by atoms with Crippen LogP contribution in [0.1, 0.15) is 93.4 Å². The first-order chi connectivity index (χ1) is 15.7. The average Bonchev–Trinajstić information content (AvgIpc) is 3.02. The molecule has 3 saturated carbocycles. The van der Waals surface area contributed by atoms with Gasteiger partial charge in [0, 0.05) is 17.8 Å². The lowest BCUT2D eigenvalue weighted by Crippen LogP contribution is -2.60. The summed E-state index contributed by atoms with van der Waals surface area (Å²) in [5.41, 5.74) is 1.63. The Hall–Kier alpha value is -1.26. The van der Waals surface area contributed by atoms with Gasteiger partial charge in [-0.3, -0.25) is 9.59 Å². The predicted molar refractivity (Wildman–Crippen MR) is 135 cm³/mol. The lowest BCUT2D eigenvalue weighted by Gasteiger charge is -2.63. The summed E-state index contributed by atoms with van der Waals surface area (Å²) in [6, 6.07) is 0. The molecule has 0 amide bonds. The maximum Gasteiger partial charge on any atom is 0.159 e. The fourth-order valence-electron chi connectivity index (χ4n) is 9.38. The number of fused-ring (bicyclic) bond motifs is 5. The highest BCUT2D eigenvalue weighted by Crippen LogP contribution is 2.72. The summed E-state index contributed by atoms with van der Waals surface area (Å²) >= 11 is 0. The molecule has 0 saturated heterocycles. The minimum atomic E-state index is -0.424. The second kappa shape index (κ2) is 8.40. The summed E-state index contributed by atoms with van der Waals surface area (Å²) in [6.07, 6.45) is 9.76. The Bertz CT molecular complexity index is 928. The maximum atomic E-state index is 13.7. The molecule has 34 heavy (non-hydrogen) atoms. The topological polar surface area (TPSA) is 74.6 Å². The molecule has 3 fully saturated rings. The van der Waals surface area contributed by atoms with Crippen LogP contribution < -0.4 is 0 Å². The second-order valence-electron chi connectivity index (χ2n) is 13.6. The Morgan fingerprint density at radius 2 is 1.79 bits per heavy atom. The van der Waals surface area contributed by atoms with Gasteiger partial charge in [0.2, 0.25) is 0 Å². The first-order valence-electron chi connectivity index (χ1n) is 13.5. The number of rotatable bonds is 5. The SMILES string of the molecule is C/C(=C\C(=O)C[C@H](C)[C@@H]1CC[C@]2(C)C3=CC(=O)[C@H]4C(C)(C)[C@@H](O)CC[C@]4(C)[C@H]3CC[C@@]12C)CO. The van der Waals surface area contributed by atoms with Crippen molar-refractivity contribution >= 4 is 11.6 Å². The third-order valence-electron chi connectivity index (χ3n) is 11.5. The molecule has 2 N–H and O–H groups in total. The van der Waals surface area contributed by atoms with Crippen molar-refractivity contribution in [2.75, 3.05) is 6.61 Å².